The first-order valence-electron chi connectivity index (χ1n) is 4.32. The monoisotopic (exact) mass is 263 g/mol. The molecule has 0 radical (unpaired) electrons. The molecule has 0 atom stereocenters. The number of thiophene rings is 1. The fourth-order valence-electron chi connectivity index (χ4n) is 1.18. The van der Waals surface area contributed by atoms with Gasteiger partial charge in [-0.25, -0.2) is 0 Å². The summed E-state index contributed by atoms with van der Waals surface area (Å²) in [5, 5.41) is 10.9. The lowest BCUT2D eigenvalue weighted by Gasteiger charge is -2.17. The van der Waals surface area contributed by atoms with Crippen molar-refractivity contribution in [2.45, 2.75) is 13.5 Å². The van der Waals surface area contributed by atoms with E-state index in [1.165, 1.54) is 9.35 Å². The smallest absolute Gasteiger partial charge is 0.0701 e. The molecule has 1 aromatic rings. The SMILES string of the molecule is CCN(CCO)Cc1csc(Br)c1. The standard InChI is InChI=1S/C9H14BrNOS/c1-2-11(3-4-12)6-8-5-9(10)13-7-8/h5,7,12H,2-4,6H2,1H3. The Bertz CT molecular complexity index is 252. The molecule has 0 saturated heterocycles. The molecular weight excluding hydrogens is 250 g/mol. The number of rotatable bonds is 5. The van der Waals surface area contributed by atoms with E-state index < -0.39 is 0 Å². The van der Waals surface area contributed by atoms with Crippen LogP contribution in [0.1, 0.15) is 12.5 Å². The zero-order chi connectivity index (χ0) is 9.68. The summed E-state index contributed by atoms with van der Waals surface area (Å²) in [6.07, 6.45) is 0. The maximum atomic E-state index is 8.80. The fourth-order valence-corrected chi connectivity index (χ4v) is 2.38. The van der Waals surface area contributed by atoms with E-state index in [1.54, 1.807) is 11.3 Å². The highest BCUT2D eigenvalue weighted by atomic mass is 79.9. The topological polar surface area (TPSA) is 23.5 Å². The largest absolute Gasteiger partial charge is 0.395 e. The molecule has 0 aliphatic heterocycles. The molecule has 1 N–H and O–H groups in total. The minimum Gasteiger partial charge on any atom is -0.395 e. The quantitative estimate of drug-likeness (QED) is 0.882. The molecular formula is C9H14BrNOS. The summed E-state index contributed by atoms with van der Waals surface area (Å²) in [6, 6.07) is 2.13. The van der Waals surface area contributed by atoms with Crippen LogP contribution >= 0.6 is 27.3 Å². The van der Waals surface area contributed by atoms with Crippen molar-refractivity contribution in [3.63, 3.8) is 0 Å². The zero-order valence-corrected chi connectivity index (χ0v) is 10.1. The van der Waals surface area contributed by atoms with Crippen LogP contribution < -0.4 is 0 Å². The Balaban J connectivity index is 2.46. The first-order chi connectivity index (χ1) is 6.26. The fraction of sp³-hybridized carbons (Fsp3) is 0.556. The maximum Gasteiger partial charge on any atom is 0.0701 e. The number of likely N-dealkylation sites (N-methyl/N-ethyl adjacent to an activating group) is 1. The van der Waals surface area contributed by atoms with E-state index in [9.17, 15) is 0 Å². The number of halogens is 1. The summed E-state index contributed by atoms with van der Waals surface area (Å²) < 4.78 is 1.17. The van der Waals surface area contributed by atoms with Gasteiger partial charge < -0.3 is 5.11 Å². The van der Waals surface area contributed by atoms with Crippen LogP contribution in [0.4, 0.5) is 0 Å². The molecule has 13 heavy (non-hydrogen) atoms. The summed E-state index contributed by atoms with van der Waals surface area (Å²) in [4.78, 5) is 2.22. The van der Waals surface area contributed by atoms with Crippen LogP contribution in [0.2, 0.25) is 0 Å². The average Bonchev–Trinajstić information content (AvgIpc) is 2.50. The lowest BCUT2D eigenvalue weighted by atomic mass is 10.3. The minimum absolute atomic E-state index is 0.235. The molecule has 2 nitrogen and oxygen atoms in total. The zero-order valence-electron chi connectivity index (χ0n) is 7.66. The molecule has 0 aromatic carbocycles. The summed E-state index contributed by atoms with van der Waals surface area (Å²) >= 11 is 5.14. The summed E-state index contributed by atoms with van der Waals surface area (Å²) in [6.45, 7) is 5.01. The lowest BCUT2D eigenvalue weighted by molar-refractivity contribution is 0.197. The van der Waals surface area contributed by atoms with Crippen LogP contribution in [0.5, 0.6) is 0 Å². The van der Waals surface area contributed by atoms with Crippen molar-refractivity contribution in [3.05, 3.63) is 20.8 Å². The Hall–Kier alpha value is 0.100. The second kappa shape index (κ2) is 5.75. The summed E-state index contributed by atoms with van der Waals surface area (Å²) in [5.74, 6) is 0. The van der Waals surface area contributed by atoms with Crippen molar-refractivity contribution >= 4 is 27.3 Å². The molecule has 0 bridgehead atoms. The Kier molecular flexibility index (Phi) is 4.94. The lowest BCUT2D eigenvalue weighted by Crippen LogP contribution is -2.25. The Labute approximate surface area is 91.3 Å². The van der Waals surface area contributed by atoms with Crippen LogP contribution in [0, 0.1) is 0 Å². The highest BCUT2D eigenvalue weighted by Crippen LogP contribution is 2.21. The van der Waals surface area contributed by atoms with Gasteiger partial charge in [-0.2, -0.15) is 0 Å². The van der Waals surface area contributed by atoms with E-state index in [0.29, 0.717) is 0 Å². The van der Waals surface area contributed by atoms with Crippen molar-refractivity contribution in [3.8, 4) is 0 Å². The van der Waals surface area contributed by atoms with Crippen molar-refractivity contribution in [2.75, 3.05) is 19.7 Å². The molecule has 74 valence electrons. The summed E-state index contributed by atoms with van der Waals surface area (Å²) in [7, 11) is 0. The van der Waals surface area contributed by atoms with Crippen molar-refractivity contribution in [1.29, 1.82) is 0 Å². The Morgan fingerprint density at radius 1 is 1.62 bits per heavy atom. The second-order valence-electron chi connectivity index (χ2n) is 2.85. The molecule has 0 saturated carbocycles. The highest BCUT2D eigenvalue weighted by molar-refractivity contribution is 9.11. The van der Waals surface area contributed by atoms with Gasteiger partial charge in [-0.05, 0) is 39.5 Å². The van der Waals surface area contributed by atoms with Gasteiger partial charge in [-0.1, -0.05) is 6.92 Å². The Morgan fingerprint density at radius 3 is 2.85 bits per heavy atom. The number of nitrogens with zero attached hydrogens (tertiary/aromatic N) is 1. The van der Waals surface area contributed by atoms with E-state index in [-0.39, 0.29) is 6.61 Å². The molecule has 0 aliphatic rings. The van der Waals surface area contributed by atoms with E-state index in [1.807, 2.05) is 0 Å². The van der Waals surface area contributed by atoms with Crippen LogP contribution in [0.3, 0.4) is 0 Å². The molecule has 0 fully saturated rings. The van der Waals surface area contributed by atoms with E-state index in [0.717, 1.165) is 19.6 Å². The van der Waals surface area contributed by atoms with Gasteiger partial charge in [-0.3, -0.25) is 4.90 Å². The molecule has 0 amide bonds. The number of hydrogen-bond acceptors (Lipinski definition) is 3. The third-order valence-electron chi connectivity index (χ3n) is 1.89. The van der Waals surface area contributed by atoms with E-state index >= 15 is 0 Å². The van der Waals surface area contributed by atoms with E-state index in [4.69, 9.17) is 5.11 Å². The second-order valence-corrected chi connectivity index (χ2v) is 5.14. The molecule has 0 unspecified atom stereocenters. The van der Waals surface area contributed by atoms with Crippen LogP contribution in [0.15, 0.2) is 15.2 Å². The number of hydrogen-bond donors (Lipinski definition) is 1. The van der Waals surface area contributed by atoms with Gasteiger partial charge in [0.2, 0.25) is 0 Å². The predicted molar refractivity (Wildman–Crippen MR) is 60.1 cm³/mol. The number of aliphatic hydroxyl groups excluding tert-OH is 1. The highest BCUT2D eigenvalue weighted by Gasteiger charge is 2.03. The van der Waals surface area contributed by atoms with Gasteiger partial charge in [0.15, 0.2) is 0 Å². The maximum absolute atomic E-state index is 8.80. The van der Waals surface area contributed by atoms with Crippen LogP contribution in [-0.2, 0) is 6.54 Å². The van der Waals surface area contributed by atoms with Gasteiger partial charge in [0, 0.05) is 13.1 Å². The van der Waals surface area contributed by atoms with E-state index in [2.05, 4.69) is 39.2 Å². The van der Waals surface area contributed by atoms with Gasteiger partial charge in [-0.15, -0.1) is 11.3 Å². The summed E-state index contributed by atoms with van der Waals surface area (Å²) in [5.41, 5.74) is 1.31. The van der Waals surface area contributed by atoms with Gasteiger partial charge in [0.25, 0.3) is 0 Å². The predicted octanol–water partition coefficient (Wildman–Crippen LogP) is 2.32. The number of aliphatic hydroxyl groups is 1. The van der Waals surface area contributed by atoms with Crippen molar-refractivity contribution in [1.82, 2.24) is 4.90 Å². The van der Waals surface area contributed by atoms with Gasteiger partial charge >= 0.3 is 0 Å². The molecule has 0 aliphatic carbocycles. The normalized spacial score (nSPS) is 11.1. The molecule has 1 heterocycles. The third-order valence-corrected chi connectivity index (χ3v) is 3.44. The molecule has 1 rings (SSSR count). The Morgan fingerprint density at radius 2 is 2.38 bits per heavy atom. The first kappa shape index (κ1) is 11.2. The van der Waals surface area contributed by atoms with Crippen molar-refractivity contribution in [2.24, 2.45) is 0 Å². The third kappa shape index (κ3) is 3.77. The molecule has 0 spiro atoms. The minimum atomic E-state index is 0.235. The molecule has 4 heteroatoms. The van der Waals surface area contributed by atoms with Gasteiger partial charge in [0.1, 0.15) is 0 Å². The van der Waals surface area contributed by atoms with Crippen molar-refractivity contribution < 1.29 is 5.11 Å². The average molecular weight is 264 g/mol. The first-order valence-corrected chi connectivity index (χ1v) is 5.99. The molecule has 1 aromatic heterocycles. The van der Waals surface area contributed by atoms with Crippen LogP contribution in [0.25, 0.3) is 0 Å². The van der Waals surface area contributed by atoms with Crippen LogP contribution in [-0.4, -0.2) is 29.7 Å². The van der Waals surface area contributed by atoms with Gasteiger partial charge in [0.05, 0.1) is 10.4 Å².